The first-order valence-electron chi connectivity index (χ1n) is 20.5. The summed E-state index contributed by atoms with van der Waals surface area (Å²) in [4.78, 5) is 53.1. The van der Waals surface area contributed by atoms with Gasteiger partial charge in [0.1, 0.15) is 26.8 Å². The number of carbonyl (C=O) groups is 4. The maximum absolute atomic E-state index is 14.1. The van der Waals surface area contributed by atoms with Gasteiger partial charge in [-0.3, -0.25) is 14.4 Å². The molecule has 4 heterocycles. The average Bonchev–Trinajstić information content (AvgIpc) is 3.54. The van der Waals surface area contributed by atoms with E-state index in [9.17, 15) is 55.3 Å². The molecule has 4 bridgehead atoms. The van der Waals surface area contributed by atoms with E-state index in [0.29, 0.717) is 85.5 Å². The second-order valence-electron chi connectivity index (χ2n) is 17.2. The number of allylic oxidation sites excluding steroid dienone is 5. The summed E-state index contributed by atoms with van der Waals surface area (Å²) in [5, 5.41) is 29.2. The molecule has 3 aromatic rings. The number of carboxylic acid groups (broad SMARTS) is 1. The van der Waals surface area contributed by atoms with Crippen LogP contribution >= 0.6 is 0 Å². The van der Waals surface area contributed by atoms with E-state index >= 15 is 0 Å². The second-order valence-corrected chi connectivity index (χ2v) is 19.9. The number of ketones is 1. The zero-order valence-electron chi connectivity index (χ0n) is 35.1. The first-order chi connectivity index (χ1) is 29.5. The third-order valence-corrected chi connectivity index (χ3v) is 13.8. The fourth-order valence-electron chi connectivity index (χ4n) is 8.80. The first kappa shape index (κ1) is 45.1. The monoisotopic (exact) mass is 898 g/mol. The van der Waals surface area contributed by atoms with Gasteiger partial charge in [0, 0.05) is 82.8 Å². The Labute approximate surface area is 365 Å². The van der Waals surface area contributed by atoms with Crippen LogP contribution in [-0.4, -0.2) is 78.0 Å². The lowest BCUT2D eigenvalue weighted by Crippen LogP contribution is -2.35. The van der Waals surface area contributed by atoms with Gasteiger partial charge in [-0.15, -0.1) is 0 Å². The van der Waals surface area contributed by atoms with Crippen LogP contribution in [0.3, 0.4) is 0 Å². The van der Waals surface area contributed by atoms with Crippen LogP contribution in [0, 0.1) is 0 Å². The molecule has 332 valence electrons. The summed E-state index contributed by atoms with van der Waals surface area (Å²) in [5.74, 6) is -3.08. The predicted octanol–water partition coefficient (Wildman–Crippen LogP) is 5.09. The van der Waals surface area contributed by atoms with Gasteiger partial charge in [-0.05, 0) is 99.7 Å². The zero-order chi connectivity index (χ0) is 45.8. The number of Topliss-reactive ketones (excluding diaryl/α,β-unsaturated/α-hetero) is 1. The van der Waals surface area contributed by atoms with Crippen LogP contribution in [0.25, 0.3) is 0 Å². The van der Waals surface area contributed by atoms with Gasteiger partial charge in [-0.25, -0.2) is 21.6 Å². The molecule has 3 N–H and O–H groups in total. The molecule has 0 fully saturated rings. The van der Waals surface area contributed by atoms with Crippen LogP contribution in [0.2, 0.25) is 0 Å². The molecule has 2 amide bonds. The Kier molecular flexibility index (Phi) is 11.9. The van der Waals surface area contributed by atoms with Gasteiger partial charge < -0.3 is 34.9 Å². The van der Waals surface area contributed by atoms with Gasteiger partial charge in [0.15, 0.2) is 11.5 Å². The number of hydrogen-bond acceptors (Lipinski definition) is 12. The van der Waals surface area contributed by atoms with E-state index in [2.05, 4.69) is 10.6 Å². The predicted molar refractivity (Wildman–Crippen MR) is 228 cm³/mol. The van der Waals surface area contributed by atoms with Gasteiger partial charge in [0.25, 0.3) is 0 Å². The molecule has 0 radical (unpaired) electrons. The topological polar surface area (TPSA) is 256 Å². The summed E-state index contributed by atoms with van der Waals surface area (Å²) >= 11 is 0. The number of benzene rings is 3. The molecule has 3 aromatic carbocycles. The quantitative estimate of drug-likeness (QED) is 0.229. The normalized spacial score (nSPS) is 20.5. The third-order valence-electron chi connectivity index (χ3n) is 12.2. The number of amides is 2. The van der Waals surface area contributed by atoms with Gasteiger partial charge >= 0.3 is 5.97 Å². The summed E-state index contributed by atoms with van der Waals surface area (Å²) in [7, 11) is -9.65. The molecule has 5 aliphatic rings. The van der Waals surface area contributed by atoms with Crippen LogP contribution < -0.4 is 20.6 Å². The van der Waals surface area contributed by atoms with E-state index < -0.39 is 58.4 Å². The van der Waals surface area contributed by atoms with Crippen molar-refractivity contribution < 1.29 is 59.9 Å². The van der Waals surface area contributed by atoms with E-state index in [1.54, 1.807) is 27.7 Å². The largest absolute Gasteiger partial charge is 0.871 e. The van der Waals surface area contributed by atoms with Crippen LogP contribution in [-0.2, 0) is 45.4 Å². The highest BCUT2D eigenvalue weighted by Crippen LogP contribution is 2.50. The number of anilines is 3. The van der Waals surface area contributed by atoms with Crippen molar-refractivity contribution in [1.29, 1.82) is 0 Å². The molecule has 16 nitrogen and oxygen atoms in total. The molecule has 18 heteroatoms. The van der Waals surface area contributed by atoms with Crippen molar-refractivity contribution in [3.8, 4) is 0 Å². The number of nitrogens with one attached hydrogen (secondary N) is 2. The number of hydrogen-bond donors (Lipinski definition) is 3. The summed E-state index contributed by atoms with van der Waals surface area (Å²) in [6, 6.07) is 12.2. The average molecular weight is 899 g/mol. The molecule has 0 atom stereocenters. The molecule has 0 spiro atoms. The Morgan fingerprint density at radius 1 is 0.730 bits per heavy atom. The zero-order valence-corrected chi connectivity index (χ0v) is 36.7. The number of carbonyl (C=O) groups excluding carboxylic acids is 3. The number of nitrogens with zero attached hydrogens (tertiary/aromatic N) is 2. The highest BCUT2D eigenvalue weighted by atomic mass is 32.2. The summed E-state index contributed by atoms with van der Waals surface area (Å²) in [6.07, 6.45) is 6.12. The Bertz CT molecular complexity index is 2850. The van der Waals surface area contributed by atoms with Crippen LogP contribution in [0.5, 0.6) is 0 Å². The number of carboxylic acids is 1. The van der Waals surface area contributed by atoms with Crippen molar-refractivity contribution in [3.63, 3.8) is 0 Å². The summed E-state index contributed by atoms with van der Waals surface area (Å²) < 4.78 is 74.4. The Hall–Kier alpha value is -5.95. The van der Waals surface area contributed by atoms with Crippen molar-refractivity contribution in [1.82, 2.24) is 0 Å². The highest BCUT2D eigenvalue weighted by molar-refractivity contribution is 7.86. The van der Waals surface area contributed by atoms with Crippen molar-refractivity contribution in [2.45, 2.75) is 99.7 Å². The molecular formula is C45H46N4O12S2-2. The van der Waals surface area contributed by atoms with Crippen molar-refractivity contribution in [3.05, 3.63) is 106 Å². The minimum atomic E-state index is -4.82. The lowest BCUT2D eigenvalue weighted by molar-refractivity contribution is -0.438. The fourth-order valence-corrected chi connectivity index (χ4v) is 9.79. The molecule has 1 aliphatic carbocycles. The molecule has 4 aliphatic heterocycles. The van der Waals surface area contributed by atoms with Gasteiger partial charge in [-0.1, -0.05) is 26.0 Å². The van der Waals surface area contributed by atoms with E-state index in [0.717, 1.165) is 0 Å². The van der Waals surface area contributed by atoms with Crippen molar-refractivity contribution in [2.24, 2.45) is 0 Å². The molecule has 63 heavy (non-hydrogen) atoms. The Balaban J connectivity index is 1.29. The first-order valence-corrected chi connectivity index (χ1v) is 23.3. The molecule has 0 unspecified atom stereocenters. The second kappa shape index (κ2) is 16.6. The summed E-state index contributed by atoms with van der Waals surface area (Å²) in [6.45, 7) is 7.85. The van der Waals surface area contributed by atoms with Crippen molar-refractivity contribution in [2.75, 3.05) is 28.6 Å². The molecule has 8 rings (SSSR count). The molecule has 0 saturated heterocycles. The van der Waals surface area contributed by atoms with Gasteiger partial charge in [0.2, 0.25) is 17.5 Å². The lowest BCUT2D eigenvalue weighted by atomic mass is 9.77. The Morgan fingerprint density at radius 2 is 1.30 bits per heavy atom. The van der Waals surface area contributed by atoms with Crippen LogP contribution in [0.1, 0.15) is 101 Å². The molecule has 0 aromatic heterocycles. The number of fused-ring (bicyclic) bond motifs is 14. The minimum Gasteiger partial charge on any atom is -0.871 e. The SMILES string of the molecule is CC1(C)C2=[N+](CCCCCC(=O)Nc3cc(cc(C(=O)O)c3)NC(=O)CCCCCN3/C(=C\C4=C([O-])C(=C2)C4=O)C(C)(C)c2cc(S(=O)(=O)[O-])ccc23)c2ccc(S(=O)(=O)[O-])cc21. The van der Waals surface area contributed by atoms with E-state index in [-0.39, 0.29) is 52.7 Å². The number of rotatable bonds is 3. The maximum Gasteiger partial charge on any atom is 0.335 e. The summed E-state index contributed by atoms with van der Waals surface area (Å²) in [5.41, 5.74) is 1.28. The smallest absolute Gasteiger partial charge is 0.335 e. The maximum atomic E-state index is 14.1. The van der Waals surface area contributed by atoms with E-state index in [1.165, 1.54) is 66.7 Å². The minimum absolute atomic E-state index is 0.0851. The van der Waals surface area contributed by atoms with Crippen molar-refractivity contribution >= 4 is 72.3 Å². The van der Waals surface area contributed by atoms with E-state index in [1.807, 2.05) is 9.48 Å². The lowest BCUT2D eigenvalue weighted by Gasteiger charge is -2.33. The van der Waals surface area contributed by atoms with Gasteiger partial charge in [-0.2, -0.15) is 4.58 Å². The van der Waals surface area contributed by atoms with Crippen LogP contribution in [0.15, 0.2) is 99.1 Å². The molecular weight excluding hydrogens is 853 g/mol. The highest BCUT2D eigenvalue weighted by Gasteiger charge is 2.47. The number of aromatic carboxylic acids is 1. The third kappa shape index (κ3) is 8.85. The molecule has 0 saturated carbocycles. The standard InChI is InChI=1S/C45H48N4O12S2/c1-44(2)33-22-29(62(56,57)58)13-15-35(33)48-17-9-5-7-11-39(50)46-27-19-26(43(54)55)20-28(21-27)47-40(51)12-8-6-10-18-49-36-16-14-30(63(59,60)61)23-34(36)45(3,4)38(49)25-32-41(52)31(42(32)53)24-37(44)48/h13-16,19-25H,5-12,17-18H2,1-4H3,(H5-,46,47,50,51,52,53,54,55,56,57,58,59,60,61)/p-2. The fraction of sp³-hybridized carbons (Fsp3) is 0.356. The van der Waals surface area contributed by atoms with Gasteiger partial charge in [0.05, 0.1) is 20.8 Å². The Morgan fingerprint density at radius 3 is 1.87 bits per heavy atom. The van der Waals surface area contributed by atoms with Crippen LogP contribution in [0.4, 0.5) is 22.7 Å². The van der Waals surface area contributed by atoms with E-state index in [4.69, 9.17) is 0 Å².